The zero-order valence-corrected chi connectivity index (χ0v) is 23.4. The number of carbonyl (C=O) groups excluding carboxylic acids is 2. The average molecular weight is 522 g/mol. The van der Waals surface area contributed by atoms with Crippen molar-refractivity contribution < 1.29 is 19.1 Å². The van der Waals surface area contributed by atoms with Crippen molar-refractivity contribution in [1.29, 1.82) is 0 Å². The normalized spacial score (nSPS) is 11.2. The van der Waals surface area contributed by atoms with Gasteiger partial charge in [-0.15, -0.1) is 0 Å². The number of aromatic nitrogens is 2. The topological polar surface area (TPSA) is 97.7 Å². The number of aryl methyl sites for hydroxylation is 2. The lowest BCUT2D eigenvalue weighted by atomic mass is 9.92. The van der Waals surface area contributed by atoms with Crippen LogP contribution >= 0.6 is 0 Å². The Labute approximate surface area is 225 Å². The Bertz CT molecular complexity index is 1240. The van der Waals surface area contributed by atoms with Crippen molar-refractivity contribution >= 4 is 23.4 Å². The quantitative estimate of drug-likeness (QED) is 0.377. The maximum atomic E-state index is 13.2. The molecule has 3 amide bonds. The lowest BCUT2D eigenvalue weighted by molar-refractivity contribution is -0.116. The Morgan fingerprint density at radius 3 is 2.34 bits per heavy atom. The van der Waals surface area contributed by atoms with E-state index in [0.29, 0.717) is 24.7 Å². The lowest BCUT2D eigenvalue weighted by Crippen LogP contribution is -2.42. The van der Waals surface area contributed by atoms with Crippen LogP contribution in [0.15, 0.2) is 48.5 Å². The third-order valence-corrected chi connectivity index (χ3v) is 5.93. The first-order valence-electron chi connectivity index (χ1n) is 12.8. The minimum Gasteiger partial charge on any atom is -0.494 e. The van der Waals surface area contributed by atoms with Gasteiger partial charge in [-0.2, -0.15) is 5.10 Å². The van der Waals surface area contributed by atoms with Gasteiger partial charge < -0.3 is 25.0 Å². The van der Waals surface area contributed by atoms with E-state index in [9.17, 15) is 9.59 Å². The number of urea groups is 1. The van der Waals surface area contributed by atoms with Crippen LogP contribution in [0.25, 0.3) is 5.69 Å². The van der Waals surface area contributed by atoms with Crippen molar-refractivity contribution in [3.8, 4) is 11.4 Å². The zero-order chi connectivity index (χ0) is 27.9. The molecule has 0 aliphatic carbocycles. The second-order valence-corrected chi connectivity index (χ2v) is 10.2. The summed E-state index contributed by atoms with van der Waals surface area (Å²) in [5.41, 5.74) is 4.30. The van der Waals surface area contributed by atoms with Gasteiger partial charge in [0.2, 0.25) is 5.91 Å². The Kier molecular flexibility index (Phi) is 9.52. The van der Waals surface area contributed by atoms with Crippen LogP contribution in [0, 0.1) is 13.8 Å². The Hall–Kier alpha value is -3.85. The van der Waals surface area contributed by atoms with E-state index in [4.69, 9.17) is 14.6 Å². The number of benzene rings is 2. The van der Waals surface area contributed by atoms with Crippen LogP contribution in [-0.2, 0) is 14.9 Å². The van der Waals surface area contributed by atoms with E-state index in [1.807, 2.05) is 39.0 Å². The standard InChI is InChI=1S/C29H39N5O4/c1-8-38-23-12-10-22(11-13-23)30-28(36)33(15-16-37-7)19-27(35)31-26-18-25(29(4,5)6)32-34(26)24-14-9-20(2)17-21(24)3/h9-14,17-18H,8,15-16,19H2,1-7H3,(H,30,36)(H,31,35). The van der Waals surface area contributed by atoms with Crippen molar-refractivity contribution in [3.05, 3.63) is 65.4 Å². The van der Waals surface area contributed by atoms with Crippen LogP contribution < -0.4 is 15.4 Å². The monoisotopic (exact) mass is 521 g/mol. The fourth-order valence-electron chi connectivity index (χ4n) is 3.88. The summed E-state index contributed by atoms with van der Waals surface area (Å²) in [5, 5.41) is 10.6. The minimum atomic E-state index is -0.403. The molecule has 0 aliphatic heterocycles. The van der Waals surface area contributed by atoms with E-state index < -0.39 is 6.03 Å². The van der Waals surface area contributed by atoms with Crippen molar-refractivity contribution in [3.63, 3.8) is 0 Å². The smallest absolute Gasteiger partial charge is 0.322 e. The number of hydrogen-bond acceptors (Lipinski definition) is 5. The molecule has 0 unspecified atom stereocenters. The molecule has 0 radical (unpaired) electrons. The van der Waals surface area contributed by atoms with Gasteiger partial charge in [0, 0.05) is 30.8 Å². The predicted octanol–water partition coefficient (Wildman–Crippen LogP) is 5.30. The van der Waals surface area contributed by atoms with E-state index >= 15 is 0 Å². The average Bonchev–Trinajstić information content (AvgIpc) is 3.27. The lowest BCUT2D eigenvalue weighted by Gasteiger charge is -2.22. The van der Waals surface area contributed by atoms with E-state index in [-0.39, 0.29) is 24.4 Å². The molecular weight excluding hydrogens is 482 g/mol. The second-order valence-electron chi connectivity index (χ2n) is 10.2. The summed E-state index contributed by atoms with van der Waals surface area (Å²) in [6.07, 6.45) is 0. The molecule has 3 rings (SSSR count). The van der Waals surface area contributed by atoms with Crippen molar-refractivity contribution in [1.82, 2.24) is 14.7 Å². The Morgan fingerprint density at radius 1 is 1.03 bits per heavy atom. The van der Waals surface area contributed by atoms with Crippen molar-refractivity contribution in [2.75, 3.05) is 44.0 Å². The predicted molar refractivity (Wildman–Crippen MR) is 150 cm³/mol. The highest BCUT2D eigenvalue weighted by atomic mass is 16.5. The summed E-state index contributed by atoms with van der Waals surface area (Å²) in [6, 6.07) is 14.7. The molecule has 1 heterocycles. The molecular formula is C29H39N5O4. The first kappa shape index (κ1) is 28.7. The molecule has 38 heavy (non-hydrogen) atoms. The van der Waals surface area contributed by atoms with Crippen molar-refractivity contribution in [2.45, 2.75) is 47.0 Å². The van der Waals surface area contributed by atoms with E-state index in [2.05, 4.69) is 37.5 Å². The number of nitrogens with one attached hydrogen (secondary N) is 2. The van der Waals surface area contributed by atoms with Crippen LogP contribution in [0.4, 0.5) is 16.3 Å². The molecule has 1 aromatic heterocycles. The van der Waals surface area contributed by atoms with Crippen LogP contribution in [0.2, 0.25) is 0 Å². The fourth-order valence-corrected chi connectivity index (χ4v) is 3.88. The summed E-state index contributed by atoms with van der Waals surface area (Å²) < 4.78 is 12.4. The Morgan fingerprint density at radius 2 is 1.74 bits per heavy atom. The first-order chi connectivity index (χ1) is 18.0. The highest BCUT2D eigenvalue weighted by Crippen LogP contribution is 2.28. The van der Waals surface area contributed by atoms with Crippen molar-refractivity contribution in [2.24, 2.45) is 0 Å². The molecule has 0 bridgehead atoms. The van der Waals surface area contributed by atoms with Gasteiger partial charge in [-0.25, -0.2) is 9.48 Å². The molecule has 0 atom stereocenters. The summed E-state index contributed by atoms with van der Waals surface area (Å²) in [6.45, 7) is 13.1. The van der Waals surface area contributed by atoms with Crippen LogP contribution in [0.1, 0.15) is 44.5 Å². The van der Waals surface area contributed by atoms with Crippen LogP contribution in [0.5, 0.6) is 5.75 Å². The molecule has 9 nitrogen and oxygen atoms in total. The van der Waals surface area contributed by atoms with Crippen LogP contribution in [-0.4, -0.2) is 60.0 Å². The number of rotatable bonds is 10. The molecule has 204 valence electrons. The molecule has 2 N–H and O–H groups in total. The maximum Gasteiger partial charge on any atom is 0.322 e. The number of methoxy groups -OCH3 is 1. The largest absolute Gasteiger partial charge is 0.494 e. The molecule has 3 aromatic rings. The number of amides is 3. The summed E-state index contributed by atoms with van der Waals surface area (Å²) in [5.74, 6) is 0.927. The molecule has 9 heteroatoms. The second kappa shape index (κ2) is 12.6. The minimum absolute atomic E-state index is 0.158. The number of hydrogen-bond donors (Lipinski definition) is 2. The van der Waals surface area contributed by atoms with Gasteiger partial charge in [-0.1, -0.05) is 38.5 Å². The summed E-state index contributed by atoms with van der Waals surface area (Å²) >= 11 is 0. The molecule has 2 aromatic carbocycles. The SMILES string of the molecule is CCOc1ccc(NC(=O)N(CCOC)CC(=O)Nc2cc(C(C)(C)C)nn2-c2ccc(C)cc2C)cc1. The molecule has 0 fully saturated rings. The molecule has 0 aliphatic rings. The van der Waals surface area contributed by atoms with Gasteiger partial charge in [-0.3, -0.25) is 4.79 Å². The number of carbonyl (C=O) groups is 2. The van der Waals surface area contributed by atoms with Gasteiger partial charge >= 0.3 is 6.03 Å². The Balaban J connectivity index is 1.80. The maximum absolute atomic E-state index is 13.2. The molecule has 0 saturated carbocycles. The van der Waals surface area contributed by atoms with E-state index in [1.165, 1.54) is 4.90 Å². The van der Waals surface area contributed by atoms with Gasteiger partial charge in [0.1, 0.15) is 18.1 Å². The highest BCUT2D eigenvalue weighted by Gasteiger charge is 2.23. The highest BCUT2D eigenvalue weighted by molar-refractivity contribution is 5.96. The number of anilines is 2. The number of nitrogens with zero attached hydrogens (tertiary/aromatic N) is 3. The van der Waals surface area contributed by atoms with E-state index in [1.54, 1.807) is 36.1 Å². The summed E-state index contributed by atoms with van der Waals surface area (Å²) in [4.78, 5) is 27.7. The third-order valence-electron chi connectivity index (χ3n) is 5.93. The summed E-state index contributed by atoms with van der Waals surface area (Å²) in [7, 11) is 1.55. The van der Waals surface area contributed by atoms with Gasteiger partial charge in [-0.05, 0) is 56.7 Å². The van der Waals surface area contributed by atoms with E-state index in [0.717, 1.165) is 28.3 Å². The first-order valence-corrected chi connectivity index (χ1v) is 12.8. The third kappa shape index (κ3) is 7.58. The van der Waals surface area contributed by atoms with Gasteiger partial charge in [0.15, 0.2) is 0 Å². The zero-order valence-electron chi connectivity index (χ0n) is 23.4. The molecule has 0 saturated heterocycles. The molecule has 0 spiro atoms. The van der Waals surface area contributed by atoms with Gasteiger partial charge in [0.05, 0.1) is 24.6 Å². The van der Waals surface area contributed by atoms with Crippen LogP contribution in [0.3, 0.4) is 0 Å². The fraction of sp³-hybridized carbons (Fsp3) is 0.414. The number of ether oxygens (including phenoxy) is 2. The van der Waals surface area contributed by atoms with Gasteiger partial charge in [0.25, 0.3) is 0 Å².